The van der Waals surface area contributed by atoms with Gasteiger partial charge in [0.1, 0.15) is 11.6 Å². The number of hydrogen-bond acceptors (Lipinski definition) is 2. The van der Waals surface area contributed by atoms with Crippen molar-refractivity contribution in [1.82, 2.24) is 0 Å². The third kappa shape index (κ3) is 2.52. The molecule has 1 aromatic carbocycles. The maximum Gasteiger partial charge on any atom is 0.184 e. The third-order valence-corrected chi connectivity index (χ3v) is 2.22. The highest BCUT2D eigenvalue weighted by atomic mass is 19.1. The third-order valence-electron chi connectivity index (χ3n) is 2.22. The molecule has 1 aliphatic rings. The van der Waals surface area contributed by atoms with E-state index >= 15 is 0 Å². The van der Waals surface area contributed by atoms with E-state index in [9.17, 15) is 8.78 Å². The number of rotatable bonds is 1. The standard InChI is InChI=1S/C11H12F2O2/c1-7-5-14-11(15-6-7)8-2-9(12)4-10(13)3-8/h2-4,7,11H,5-6H2,1H3. The van der Waals surface area contributed by atoms with Gasteiger partial charge in [0.2, 0.25) is 0 Å². The minimum absolute atomic E-state index is 0.319. The average molecular weight is 214 g/mol. The molecule has 15 heavy (non-hydrogen) atoms. The molecule has 1 heterocycles. The molecule has 1 aromatic rings. The smallest absolute Gasteiger partial charge is 0.184 e. The number of benzene rings is 1. The fraction of sp³-hybridized carbons (Fsp3) is 0.455. The summed E-state index contributed by atoms with van der Waals surface area (Å²) >= 11 is 0. The van der Waals surface area contributed by atoms with Gasteiger partial charge in [-0.15, -0.1) is 0 Å². The lowest BCUT2D eigenvalue weighted by molar-refractivity contribution is -0.202. The van der Waals surface area contributed by atoms with Gasteiger partial charge in [0.15, 0.2) is 6.29 Å². The second-order valence-corrected chi connectivity index (χ2v) is 3.81. The minimum atomic E-state index is -0.647. The Balaban J connectivity index is 2.15. The van der Waals surface area contributed by atoms with Crippen molar-refractivity contribution in [1.29, 1.82) is 0 Å². The molecule has 2 nitrogen and oxygen atoms in total. The first kappa shape index (κ1) is 10.5. The second-order valence-electron chi connectivity index (χ2n) is 3.81. The zero-order valence-corrected chi connectivity index (χ0v) is 8.37. The van der Waals surface area contributed by atoms with E-state index in [2.05, 4.69) is 0 Å². The number of halogens is 2. The molecular formula is C11H12F2O2. The molecule has 82 valence electrons. The molecule has 0 spiro atoms. The maximum absolute atomic E-state index is 12.9. The van der Waals surface area contributed by atoms with E-state index in [0.717, 1.165) is 6.07 Å². The molecule has 0 radical (unpaired) electrons. The first-order valence-electron chi connectivity index (χ1n) is 4.84. The Morgan fingerprint density at radius 2 is 1.60 bits per heavy atom. The highest BCUT2D eigenvalue weighted by Crippen LogP contribution is 2.25. The fourth-order valence-corrected chi connectivity index (χ4v) is 1.50. The minimum Gasteiger partial charge on any atom is -0.348 e. The van der Waals surface area contributed by atoms with Crippen LogP contribution < -0.4 is 0 Å². The second kappa shape index (κ2) is 4.24. The summed E-state index contributed by atoms with van der Waals surface area (Å²) in [6.45, 7) is 3.08. The lowest BCUT2D eigenvalue weighted by Crippen LogP contribution is -2.25. The van der Waals surface area contributed by atoms with Crippen molar-refractivity contribution in [2.45, 2.75) is 13.2 Å². The van der Waals surface area contributed by atoms with Gasteiger partial charge in [-0.25, -0.2) is 8.78 Å². The van der Waals surface area contributed by atoms with Crippen LogP contribution in [0.5, 0.6) is 0 Å². The molecule has 0 bridgehead atoms. The summed E-state index contributed by atoms with van der Waals surface area (Å²) in [6, 6.07) is 3.28. The van der Waals surface area contributed by atoms with Crippen LogP contribution in [0.25, 0.3) is 0 Å². The van der Waals surface area contributed by atoms with Crippen LogP contribution in [-0.4, -0.2) is 13.2 Å². The van der Waals surface area contributed by atoms with E-state index in [1.165, 1.54) is 12.1 Å². The van der Waals surface area contributed by atoms with Crippen molar-refractivity contribution < 1.29 is 18.3 Å². The van der Waals surface area contributed by atoms with E-state index in [1.54, 1.807) is 0 Å². The molecule has 1 aliphatic heterocycles. The summed E-state index contributed by atoms with van der Waals surface area (Å²) in [5, 5.41) is 0. The first-order chi connectivity index (χ1) is 7.15. The fourth-order valence-electron chi connectivity index (χ4n) is 1.50. The molecule has 0 amide bonds. The number of hydrogen-bond donors (Lipinski definition) is 0. The highest BCUT2D eigenvalue weighted by Gasteiger charge is 2.21. The van der Waals surface area contributed by atoms with Crippen LogP contribution in [-0.2, 0) is 9.47 Å². The topological polar surface area (TPSA) is 18.5 Å². The van der Waals surface area contributed by atoms with Gasteiger partial charge in [0, 0.05) is 17.5 Å². The lowest BCUT2D eigenvalue weighted by Gasteiger charge is -2.27. The van der Waals surface area contributed by atoms with Gasteiger partial charge in [-0.3, -0.25) is 0 Å². The Labute approximate surface area is 86.8 Å². The molecule has 4 heteroatoms. The van der Waals surface area contributed by atoms with Crippen LogP contribution in [0.3, 0.4) is 0 Å². The predicted octanol–water partition coefficient (Wildman–Crippen LogP) is 2.65. The van der Waals surface area contributed by atoms with Crippen molar-refractivity contribution in [3.63, 3.8) is 0 Å². The maximum atomic E-state index is 12.9. The van der Waals surface area contributed by atoms with Crippen molar-refractivity contribution in [2.24, 2.45) is 5.92 Å². The van der Waals surface area contributed by atoms with Crippen LogP contribution in [0.1, 0.15) is 18.8 Å². The highest BCUT2D eigenvalue weighted by molar-refractivity contribution is 5.19. The van der Waals surface area contributed by atoms with Gasteiger partial charge >= 0.3 is 0 Å². The van der Waals surface area contributed by atoms with Crippen LogP contribution in [0.4, 0.5) is 8.78 Å². The molecular weight excluding hydrogens is 202 g/mol. The number of ether oxygens (including phenoxy) is 2. The van der Waals surface area contributed by atoms with Crippen molar-refractivity contribution in [3.8, 4) is 0 Å². The normalized spacial score (nSPS) is 26.6. The molecule has 0 saturated carbocycles. The van der Waals surface area contributed by atoms with Crippen molar-refractivity contribution in [2.75, 3.05) is 13.2 Å². The summed E-state index contributed by atoms with van der Waals surface area (Å²) in [5.41, 5.74) is 0.388. The molecule has 0 unspecified atom stereocenters. The van der Waals surface area contributed by atoms with Crippen molar-refractivity contribution in [3.05, 3.63) is 35.4 Å². The Morgan fingerprint density at radius 3 is 2.13 bits per heavy atom. The zero-order valence-electron chi connectivity index (χ0n) is 8.37. The molecule has 0 atom stereocenters. The van der Waals surface area contributed by atoms with Crippen LogP contribution >= 0.6 is 0 Å². The Bertz CT molecular complexity index is 326. The summed E-state index contributed by atoms with van der Waals surface area (Å²) in [4.78, 5) is 0. The largest absolute Gasteiger partial charge is 0.348 e. The zero-order chi connectivity index (χ0) is 10.8. The predicted molar refractivity (Wildman–Crippen MR) is 50.2 cm³/mol. The molecule has 0 N–H and O–H groups in total. The van der Waals surface area contributed by atoms with Gasteiger partial charge < -0.3 is 9.47 Å². The molecule has 0 aliphatic carbocycles. The Kier molecular flexibility index (Phi) is 2.98. The van der Waals surface area contributed by atoms with Gasteiger partial charge in [-0.2, -0.15) is 0 Å². The lowest BCUT2D eigenvalue weighted by atomic mass is 10.1. The molecule has 2 rings (SSSR count). The first-order valence-corrected chi connectivity index (χ1v) is 4.84. The summed E-state index contributed by atoms with van der Waals surface area (Å²) in [7, 11) is 0. The van der Waals surface area contributed by atoms with Crippen LogP contribution in [0, 0.1) is 17.6 Å². The Morgan fingerprint density at radius 1 is 1.07 bits per heavy atom. The van der Waals surface area contributed by atoms with E-state index in [1.807, 2.05) is 6.92 Å². The van der Waals surface area contributed by atoms with Crippen molar-refractivity contribution >= 4 is 0 Å². The van der Waals surface area contributed by atoms with E-state index in [-0.39, 0.29) is 0 Å². The molecule has 1 saturated heterocycles. The molecule has 0 aromatic heterocycles. The Hall–Kier alpha value is -1.00. The van der Waals surface area contributed by atoms with Crippen LogP contribution in [0.2, 0.25) is 0 Å². The van der Waals surface area contributed by atoms with Gasteiger partial charge in [-0.1, -0.05) is 6.92 Å². The van der Waals surface area contributed by atoms with Gasteiger partial charge in [0.05, 0.1) is 13.2 Å². The SMILES string of the molecule is CC1COC(c2cc(F)cc(F)c2)OC1. The van der Waals surface area contributed by atoms with Gasteiger partial charge in [-0.05, 0) is 12.1 Å². The summed E-state index contributed by atoms with van der Waals surface area (Å²) < 4.78 is 36.5. The molecule has 1 fully saturated rings. The summed E-state index contributed by atoms with van der Waals surface area (Å²) in [6.07, 6.45) is -0.647. The van der Waals surface area contributed by atoms with Gasteiger partial charge in [0.25, 0.3) is 0 Å². The quantitative estimate of drug-likeness (QED) is 0.715. The van der Waals surface area contributed by atoms with E-state index < -0.39 is 17.9 Å². The van der Waals surface area contributed by atoms with E-state index in [4.69, 9.17) is 9.47 Å². The summed E-state index contributed by atoms with van der Waals surface area (Å²) in [5.74, 6) is -0.911. The monoisotopic (exact) mass is 214 g/mol. The van der Waals surface area contributed by atoms with Crippen LogP contribution in [0.15, 0.2) is 18.2 Å². The average Bonchev–Trinajstić information content (AvgIpc) is 2.17. The van der Waals surface area contributed by atoms with E-state index in [0.29, 0.717) is 24.7 Å².